The molecule has 0 N–H and O–H groups in total. The monoisotopic (exact) mass is 448 g/mol. The molecule has 168 valence electrons. The third-order valence-corrected chi connectivity index (χ3v) is 7.61. The van der Waals surface area contributed by atoms with Gasteiger partial charge in [-0.2, -0.15) is 4.31 Å². The Morgan fingerprint density at radius 3 is 2.42 bits per heavy atom. The number of pyridine rings is 1. The molecule has 2 aromatic rings. The first-order chi connectivity index (χ1) is 14.8. The van der Waals surface area contributed by atoms with Crippen molar-refractivity contribution in [1.29, 1.82) is 0 Å². The van der Waals surface area contributed by atoms with Crippen molar-refractivity contribution in [1.82, 2.24) is 19.1 Å². The van der Waals surface area contributed by atoms with Crippen LogP contribution in [0.15, 0.2) is 53.6 Å². The van der Waals surface area contributed by atoms with E-state index < -0.39 is 15.8 Å². The molecule has 31 heavy (non-hydrogen) atoms. The number of nitrogens with zero attached hydrogens (tertiary/aromatic N) is 4. The average Bonchev–Trinajstić information content (AvgIpc) is 2.78. The summed E-state index contributed by atoms with van der Waals surface area (Å²) in [5.74, 6) is -0.760. The second-order valence-corrected chi connectivity index (χ2v) is 9.91. The Bertz CT molecular complexity index is 962. The lowest BCUT2D eigenvalue weighted by Crippen LogP contribution is -2.48. The summed E-state index contributed by atoms with van der Waals surface area (Å²) >= 11 is 0. The van der Waals surface area contributed by atoms with Crippen LogP contribution in [0.2, 0.25) is 0 Å². The fourth-order valence-electron chi connectivity index (χ4n) is 3.73. The number of piperidine rings is 1. The highest BCUT2D eigenvalue weighted by atomic mass is 32.2. The van der Waals surface area contributed by atoms with Crippen molar-refractivity contribution in [3.8, 4) is 0 Å². The maximum atomic E-state index is 13.1. The Morgan fingerprint density at radius 1 is 1.13 bits per heavy atom. The van der Waals surface area contributed by atoms with E-state index in [9.17, 15) is 17.6 Å². The lowest BCUT2D eigenvalue weighted by Gasteiger charge is -2.37. The van der Waals surface area contributed by atoms with Gasteiger partial charge in [-0.15, -0.1) is 0 Å². The number of hydrogen-bond acceptors (Lipinski definition) is 5. The van der Waals surface area contributed by atoms with Gasteiger partial charge in [-0.05, 0) is 49.2 Å². The minimum atomic E-state index is -3.85. The molecule has 3 rings (SSSR count). The van der Waals surface area contributed by atoms with E-state index in [-0.39, 0.29) is 23.4 Å². The van der Waals surface area contributed by atoms with Crippen LogP contribution in [-0.2, 0) is 21.2 Å². The lowest BCUT2D eigenvalue weighted by molar-refractivity contribution is -0.132. The molecule has 7 nitrogen and oxygen atoms in total. The number of likely N-dealkylation sites (tertiary alicyclic amines) is 1. The number of likely N-dealkylation sites (N-methyl/N-ethyl adjacent to an activating group) is 2. The number of carbonyl (C=O) groups excluding carboxylic acids is 1. The molecule has 1 saturated heterocycles. The van der Waals surface area contributed by atoms with Gasteiger partial charge in [0.2, 0.25) is 15.9 Å². The fraction of sp³-hybridized carbons (Fsp3) is 0.455. The van der Waals surface area contributed by atoms with E-state index in [4.69, 9.17) is 0 Å². The summed E-state index contributed by atoms with van der Waals surface area (Å²) in [6.45, 7) is 2.45. The smallest absolute Gasteiger partial charge is 0.243 e. The van der Waals surface area contributed by atoms with Crippen molar-refractivity contribution in [3.05, 3.63) is 60.2 Å². The number of hydrogen-bond donors (Lipinski definition) is 0. The maximum Gasteiger partial charge on any atom is 0.243 e. The van der Waals surface area contributed by atoms with Crippen LogP contribution in [0.1, 0.15) is 18.5 Å². The summed E-state index contributed by atoms with van der Waals surface area (Å²) in [6.07, 6.45) is 4.39. The Labute approximate surface area is 183 Å². The predicted octanol–water partition coefficient (Wildman–Crippen LogP) is 2.01. The molecule has 1 aliphatic rings. The van der Waals surface area contributed by atoms with Crippen LogP contribution in [0.25, 0.3) is 0 Å². The lowest BCUT2D eigenvalue weighted by atomic mass is 10.0. The molecule has 1 aromatic heterocycles. The van der Waals surface area contributed by atoms with Crippen LogP contribution in [0.4, 0.5) is 4.39 Å². The van der Waals surface area contributed by atoms with Crippen molar-refractivity contribution in [2.75, 3.05) is 40.3 Å². The topological polar surface area (TPSA) is 73.8 Å². The van der Waals surface area contributed by atoms with Crippen molar-refractivity contribution < 1.29 is 17.6 Å². The zero-order chi connectivity index (χ0) is 22.4. The molecule has 1 amide bonds. The maximum absolute atomic E-state index is 13.1. The molecule has 2 heterocycles. The van der Waals surface area contributed by atoms with E-state index in [1.807, 2.05) is 18.2 Å². The molecular weight excluding hydrogens is 419 g/mol. The Kier molecular flexibility index (Phi) is 7.74. The molecule has 0 radical (unpaired) electrons. The van der Waals surface area contributed by atoms with Crippen LogP contribution in [0.5, 0.6) is 0 Å². The third-order valence-electron chi connectivity index (χ3n) is 5.79. The molecule has 0 saturated carbocycles. The molecular formula is C22H29FN4O3S. The van der Waals surface area contributed by atoms with E-state index in [1.165, 1.54) is 19.2 Å². The van der Waals surface area contributed by atoms with Crippen LogP contribution >= 0.6 is 0 Å². The first-order valence-electron chi connectivity index (χ1n) is 10.4. The highest BCUT2D eigenvalue weighted by Gasteiger charge is 2.29. The zero-order valence-electron chi connectivity index (χ0n) is 17.9. The van der Waals surface area contributed by atoms with E-state index in [0.29, 0.717) is 0 Å². The summed E-state index contributed by atoms with van der Waals surface area (Å²) in [5, 5.41) is 0. The zero-order valence-corrected chi connectivity index (χ0v) is 18.8. The van der Waals surface area contributed by atoms with Gasteiger partial charge in [0.15, 0.2) is 0 Å². The summed E-state index contributed by atoms with van der Waals surface area (Å²) in [7, 11) is -0.756. The first kappa shape index (κ1) is 23.3. The summed E-state index contributed by atoms with van der Waals surface area (Å²) < 4.78 is 39.4. The number of sulfonamides is 1. The first-order valence-corrected chi connectivity index (χ1v) is 11.8. The third kappa shape index (κ3) is 6.09. The number of aromatic nitrogens is 1. The molecule has 0 spiro atoms. The molecule has 0 unspecified atom stereocenters. The summed E-state index contributed by atoms with van der Waals surface area (Å²) in [6, 6.07) is 10.6. The Hall–Kier alpha value is -2.36. The summed E-state index contributed by atoms with van der Waals surface area (Å²) in [4.78, 5) is 21.1. The normalized spacial score (nSPS) is 15.9. The fourth-order valence-corrected chi connectivity index (χ4v) is 4.85. The summed E-state index contributed by atoms with van der Waals surface area (Å²) in [5.41, 5.74) is 1.07. The van der Waals surface area contributed by atoms with Gasteiger partial charge in [-0.3, -0.25) is 9.78 Å². The van der Waals surface area contributed by atoms with Gasteiger partial charge < -0.3 is 9.80 Å². The van der Waals surface area contributed by atoms with Gasteiger partial charge in [0, 0.05) is 58.1 Å². The largest absolute Gasteiger partial charge is 0.342 e. The Balaban J connectivity index is 1.48. The van der Waals surface area contributed by atoms with E-state index in [2.05, 4.69) is 9.88 Å². The van der Waals surface area contributed by atoms with Crippen molar-refractivity contribution in [2.24, 2.45) is 0 Å². The van der Waals surface area contributed by atoms with Crippen LogP contribution in [-0.4, -0.2) is 79.7 Å². The van der Waals surface area contributed by atoms with E-state index in [1.54, 1.807) is 18.1 Å². The van der Waals surface area contributed by atoms with Crippen LogP contribution in [0.3, 0.4) is 0 Å². The molecule has 1 fully saturated rings. The number of amides is 1. The van der Waals surface area contributed by atoms with Gasteiger partial charge in [-0.1, -0.05) is 6.07 Å². The minimum absolute atomic E-state index is 0.0342. The predicted molar refractivity (Wildman–Crippen MR) is 116 cm³/mol. The van der Waals surface area contributed by atoms with E-state index in [0.717, 1.165) is 61.0 Å². The minimum Gasteiger partial charge on any atom is -0.342 e. The molecule has 1 aliphatic heterocycles. The number of benzene rings is 1. The van der Waals surface area contributed by atoms with Crippen molar-refractivity contribution >= 4 is 15.9 Å². The number of carbonyl (C=O) groups is 1. The Morgan fingerprint density at radius 2 is 1.81 bits per heavy atom. The van der Waals surface area contributed by atoms with Gasteiger partial charge in [0.05, 0.1) is 11.4 Å². The average molecular weight is 449 g/mol. The number of halogens is 1. The van der Waals surface area contributed by atoms with Crippen molar-refractivity contribution in [2.45, 2.75) is 30.2 Å². The quantitative estimate of drug-likeness (QED) is 0.618. The second-order valence-electron chi connectivity index (χ2n) is 7.86. The van der Waals surface area contributed by atoms with Crippen molar-refractivity contribution in [3.63, 3.8) is 0 Å². The van der Waals surface area contributed by atoms with Gasteiger partial charge in [0.1, 0.15) is 5.82 Å². The standard InChI is InChI=1S/C22H29FN4O3S/c1-25(31(29,30)21-8-6-18(23)7-9-21)17-22(28)26(2)20-11-15-27(16-12-20)14-10-19-5-3-4-13-24-19/h3-9,13,20H,10-12,14-17H2,1-2H3. The molecule has 9 heteroatoms. The van der Waals surface area contributed by atoms with Crippen LogP contribution in [0, 0.1) is 5.82 Å². The van der Waals surface area contributed by atoms with Gasteiger partial charge in [0.25, 0.3) is 0 Å². The number of rotatable bonds is 8. The van der Waals surface area contributed by atoms with Gasteiger partial charge >= 0.3 is 0 Å². The van der Waals surface area contributed by atoms with E-state index >= 15 is 0 Å². The SMILES string of the molecule is CN(C(=O)CN(C)S(=O)(=O)c1ccc(F)cc1)C1CCN(CCc2ccccn2)CC1. The highest BCUT2D eigenvalue weighted by Crippen LogP contribution is 2.18. The highest BCUT2D eigenvalue weighted by molar-refractivity contribution is 7.89. The molecule has 0 aliphatic carbocycles. The van der Waals surface area contributed by atoms with Crippen LogP contribution < -0.4 is 0 Å². The van der Waals surface area contributed by atoms with Gasteiger partial charge in [-0.25, -0.2) is 12.8 Å². The molecule has 0 atom stereocenters. The molecule has 1 aromatic carbocycles. The molecule has 0 bridgehead atoms. The second kappa shape index (κ2) is 10.3.